The van der Waals surface area contributed by atoms with E-state index in [0.29, 0.717) is 18.8 Å². The molecule has 0 atom stereocenters. The average Bonchev–Trinajstić information content (AvgIpc) is 2.46. The maximum atomic E-state index is 11.7. The minimum Gasteiger partial charge on any atom is -0.444 e. The Labute approximate surface area is 96.0 Å². The van der Waals surface area contributed by atoms with E-state index in [9.17, 15) is 4.79 Å². The van der Waals surface area contributed by atoms with Gasteiger partial charge < -0.3 is 15.5 Å². The van der Waals surface area contributed by atoms with Gasteiger partial charge in [0.2, 0.25) is 0 Å². The number of carbonyl (C=O) groups excluding carboxylic acids is 1. The fourth-order valence-corrected chi connectivity index (χ4v) is 1.41. The van der Waals surface area contributed by atoms with Gasteiger partial charge in [0.05, 0.1) is 18.8 Å². The molecule has 1 fully saturated rings. The third-order valence-electron chi connectivity index (χ3n) is 2.07. The first-order valence-electron chi connectivity index (χ1n) is 5.25. The highest BCUT2D eigenvalue weighted by Gasteiger charge is 2.29. The number of hydrogen-bond acceptors (Lipinski definition) is 4. The predicted molar refractivity (Wildman–Crippen MR) is 62.7 cm³/mol. The molecule has 1 amide bonds. The summed E-state index contributed by atoms with van der Waals surface area (Å²) < 4.78 is 5.24. The maximum Gasteiger partial charge on any atom is 0.410 e. The first kappa shape index (κ1) is 12.5. The van der Waals surface area contributed by atoms with Gasteiger partial charge in [-0.2, -0.15) is 0 Å². The summed E-state index contributed by atoms with van der Waals surface area (Å²) in [7, 11) is 1.77. The van der Waals surface area contributed by atoms with Crippen LogP contribution in [0.5, 0.6) is 0 Å². The summed E-state index contributed by atoms with van der Waals surface area (Å²) in [6.45, 7) is 6.25. The van der Waals surface area contributed by atoms with E-state index < -0.39 is 5.60 Å². The second kappa shape index (κ2) is 4.55. The van der Waals surface area contributed by atoms with Crippen molar-refractivity contribution in [1.82, 2.24) is 10.2 Å². The van der Waals surface area contributed by atoms with Crippen LogP contribution in [0.25, 0.3) is 0 Å². The number of amides is 1. The van der Waals surface area contributed by atoms with Crippen molar-refractivity contribution in [3.05, 3.63) is 11.8 Å². The van der Waals surface area contributed by atoms with E-state index in [1.807, 2.05) is 20.8 Å². The molecule has 0 aromatic rings. The zero-order chi connectivity index (χ0) is 12.3. The van der Waals surface area contributed by atoms with E-state index in [-0.39, 0.29) is 6.09 Å². The fraction of sp³-hybridized carbons (Fsp3) is 0.636. The van der Waals surface area contributed by atoms with Crippen LogP contribution in [-0.4, -0.2) is 42.4 Å². The molecule has 0 aromatic carbocycles. The first-order chi connectivity index (χ1) is 7.33. The number of nitrogens with one attached hydrogen (secondary N) is 2. The molecule has 5 nitrogen and oxygen atoms in total. The minimum atomic E-state index is -0.491. The number of rotatable bonds is 1. The molecule has 1 aliphatic heterocycles. The summed E-state index contributed by atoms with van der Waals surface area (Å²) >= 11 is 0. The van der Waals surface area contributed by atoms with Crippen molar-refractivity contribution in [2.45, 2.75) is 26.4 Å². The highest BCUT2D eigenvalue weighted by Crippen LogP contribution is 2.16. The van der Waals surface area contributed by atoms with Gasteiger partial charge in [-0.3, -0.25) is 4.90 Å². The molecule has 0 saturated carbocycles. The summed E-state index contributed by atoms with van der Waals surface area (Å²) in [5.41, 5.74) is 0.794. The summed E-state index contributed by atoms with van der Waals surface area (Å²) in [6, 6.07) is 0. The standard InChI is InChI=1S/C11H19N3O2/c1-11(2,3)16-10(15)14-6-8(5-13-4)9(12)7-14/h5,12-13H,6-7H2,1-4H3/b8-5-,12-9?. The monoisotopic (exact) mass is 225 g/mol. The van der Waals surface area contributed by atoms with Crippen LogP contribution in [0.4, 0.5) is 4.79 Å². The summed E-state index contributed by atoms with van der Waals surface area (Å²) in [6.07, 6.45) is 1.38. The topological polar surface area (TPSA) is 65.4 Å². The van der Waals surface area contributed by atoms with Crippen LogP contribution in [0.3, 0.4) is 0 Å². The van der Waals surface area contributed by atoms with Crippen molar-refractivity contribution in [3.63, 3.8) is 0 Å². The number of hydrogen-bond donors (Lipinski definition) is 2. The molecule has 1 aliphatic rings. The zero-order valence-corrected chi connectivity index (χ0v) is 10.3. The van der Waals surface area contributed by atoms with Crippen LogP contribution in [0.1, 0.15) is 20.8 Å². The van der Waals surface area contributed by atoms with E-state index in [0.717, 1.165) is 5.57 Å². The van der Waals surface area contributed by atoms with Crippen molar-refractivity contribution in [2.24, 2.45) is 0 Å². The molecule has 0 aliphatic carbocycles. The number of nitrogens with zero attached hydrogens (tertiary/aromatic N) is 1. The van der Waals surface area contributed by atoms with Crippen LogP contribution in [-0.2, 0) is 4.74 Å². The highest BCUT2D eigenvalue weighted by molar-refractivity contribution is 6.03. The first-order valence-corrected chi connectivity index (χ1v) is 5.25. The largest absolute Gasteiger partial charge is 0.444 e. The van der Waals surface area contributed by atoms with E-state index in [1.165, 1.54) is 4.90 Å². The number of ether oxygens (including phenoxy) is 1. The Morgan fingerprint density at radius 3 is 2.62 bits per heavy atom. The van der Waals surface area contributed by atoms with Crippen LogP contribution < -0.4 is 5.32 Å². The molecule has 16 heavy (non-hydrogen) atoms. The van der Waals surface area contributed by atoms with Gasteiger partial charge in [0.1, 0.15) is 5.60 Å². The van der Waals surface area contributed by atoms with E-state index in [2.05, 4.69) is 5.32 Å². The Bertz CT molecular complexity index is 329. The number of likely N-dealkylation sites (tertiary alicyclic amines) is 1. The quantitative estimate of drug-likeness (QED) is 0.708. The summed E-state index contributed by atoms with van der Waals surface area (Å²) in [5.74, 6) is 0. The molecule has 1 saturated heterocycles. The molecule has 2 N–H and O–H groups in total. The lowest BCUT2D eigenvalue weighted by atomic mass is 10.2. The van der Waals surface area contributed by atoms with Gasteiger partial charge in [-0.1, -0.05) is 0 Å². The normalized spacial score (nSPS) is 19.1. The number of carbonyl (C=O) groups is 1. The van der Waals surface area contributed by atoms with E-state index in [4.69, 9.17) is 10.1 Å². The molecule has 1 rings (SSSR count). The SMILES string of the molecule is CN/C=C1/CN(C(=O)OC(C)(C)C)CC1=N. The Morgan fingerprint density at radius 2 is 2.12 bits per heavy atom. The molecule has 0 unspecified atom stereocenters. The fourth-order valence-electron chi connectivity index (χ4n) is 1.41. The van der Waals surface area contributed by atoms with Crippen molar-refractivity contribution >= 4 is 11.8 Å². The minimum absolute atomic E-state index is 0.322. The van der Waals surface area contributed by atoms with E-state index >= 15 is 0 Å². The Balaban J connectivity index is 2.62. The third kappa shape index (κ3) is 3.25. The van der Waals surface area contributed by atoms with Crippen molar-refractivity contribution in [1.29, 1.82) is 5.41 Å². The average molecular weight is 225 g/mol. The summed E-state index contributed by atoms with van der Waals surface area (Å²) in [5, 5.41) is 10.6. The second-order valence-electron chi connectivity index (χ2n) is 4.77. The summed E-state index contributed by atoms with van der Waals surface area (Å²) in [4.78, 5) is 13.2. The van der Waals surface area contributed by atoms with Crippen LogP contribution in [0, 0.1) is 5.41 Å². The Kier molecular flexibility index (Phi) is 3.57. The van der Waals surface area contributed by atoms with Crippen LogP contribution >= 0.6 is 0 Å². The highest BCUT2D eigenvalue weighted by atomic mass is 16.6. The van der Waals surface area contributed by atoms with Crippen LogP contribution in [0.2, 0.25) is 0 Å². The van der Waals surface area contributed by atoms with Crippen molar-refractivity contribution < 1.29 is 9.53 Å². The maximum absolute atomic E-state index is 11.7. The molecule has 90 valence electrons. The molecule has 0 bridgehead atoms. The van der Waals surface area contributed by atoms with Gasteiger partial charge in [0, 0.05) is 18.8 Å². The van der Waals surface area contributed by atoms with Gasteiger partial charge in [0.25, 0.3) is 0 Å². The van der Waals surface area contributed by atoms with Gasteiger partial charge in [0.15, 0.2) is 0 Å². The Morgan fingerprint density at radius 1 is 1.50 bits per heavy atom. The van der Waals surface area contributed by atoms with Gasteiger partial charge in [-0.05, 0) is 20.8 Å². The lowest BCUT2D eigenvalue weighted by Crippen LogP contribution is -2.35. The molecular weight excluding hydrogens is 206 g/mol. The van der Waals surface area contributed by atoms with Crippen molar-refractivity contribution in [2.75, 3.05) is 20.1 Å². The lowest BCUT2D eigenvalue weighted by molar-refractivity contribution is 0.0309. The predicted octanol–water partition coefficient (Wildman–Crippen LogP) is 1.36. The molecule has 1 heterocycles. The van der Waals surface area contributed by atoms with Crippen molar-refractivity contribution in [3.8, 4) is 0 Å². The Hall–Kier alpha value is -1.52. The lowest BCUT2D eigenvalue weighted by Gasteiger charge is -2.23. The molecule has 0 aromatic heterocycles. The van der Waals surface area contributed by atoms with E-state index in [1.54, 1.807) is 13.2 Å². The molecular formula is C11H19N3O2. The molecule has 0 spiro atoms. The van der Waals surface area contributed by atoms with Gasteiger partial charge in [-0.25, -0.2) is 4.79 Å². The van der Waals surface area contributed by atoms with Gasteiger partial charge >= 0.3 is 6.09 Å². The zero-order valence-electron chi connectivity index (χ0n) is 10.3. The smallest absolute Gasteiger partial charge is 0.410 e. The van der Waals surface area contributed by atoms with Crippen LogP contribution in [0.15, 0.2) is 11.8 Å². The van der Waals surface area contributed by atoms with Gasteiger partial charge in [-0.15, -0.1) is 0 Å². The third-order valence-corrected chi connectivity index (χ3v) is 2.07. The second-order valence-corrected chi connectivity index (χ2v) is 4.77. The molecule has 0 radical (unpaired) electrons. The molecule has 5 heteroatoms.